The maximum atomic E-state index is 13.7. The standard InChI is InChI=1S/C20H17ClFNO2/c21-16-9-4-10-17(22)19(16)20(25)23-12-11-18(24)15-8-3-6-13-5-1-2-7-14(13)15/h1-10,18,24H,11-12H2,(H,23,25). The molecule has 0 bridgehead atoms. The van der Waals surface area contributed by atoms with E-state index in [2.05, 4.69) is 5.32 Å². The van der Waals surface area contributed by atoms with Crippen molar-refractivity contribution in [1.82, 2.24) is 5.32 Å². The molecule has 3 aromatic rings. The van der Waals surface area contributed by atoms with Crippen LogP contribution in [-0.2, 0) is 0 Å². The van der Waals surface area contributed by atoms with E-state index in [9.17, 15) is 14.3 Å². The summed E-state index contributed by atoms with van der Waals surface area (Å²) < 4.78 is 13.7. The Balaban J connectivity index is 1.66. The average molecular weight is 358 g/mol. The Morgan fingerprint density at radius 1 is 1.08 bits per heavy atom. The van der Waals surface area contributed by atoms with Gasteiger partial charge in [0.2, 0.25) is 0 Å². The number of aliphatic hydroxyl groups is 1. The van der Waals surface area contributed by atoms with Crippen molar-refractivity contribution in [1.29, 1.82) is 0 Å². The molecule has 25 heavy (non-hydrogen) atoms. The fourth-order valence-electron chi connectivity index (χ4n) is 2.82. The number of amides is 1. The van der Waals surface area contributed by atoms with Crippen LogP contribution in [0.25, 0.3) is 10.8 Å². The Morgan fingerprint density at radius 3 is 2.60 bits per heavy atom. The molecule has 5 heteroatoms. The molecule has 0 saturated heterocycles. The SMILES string of the molecule is O=C(NCCC(O)c1cccc2ccccc12)c1c(F)cccc1Cl. The van der Waals surface area contributed by atoms with Crippen LogP contribution in [0.15, 0.2) is 60.7 Å². The smallest absolute Gasteiger partial charge is 0.255 e. The van der Waals surface area contributed by atoms with Gasteiger partial charge in [0.05, 0.1) is 16.7 Å². The van der Waals surface area contributed by atoms with Gasteiger partial charge in [-0.1, -0.05) is 60.1 Å². The van der Waals surface area contributed by atoms with Crippen molar-refractivity contribution < 1.29 is 14.3 Å². The fourth-order valence-corrected chi connectivity index (χ4v) is 3.07. The van der Waals surface area contributed by atoms with Crippen molar-refractivity contribution in [3.05, 3.63) is 82.6 Å². The van der Waals surface area contributed by atoms with E-state index in [1.165, 1.54) is 18.2 Å². The third-order valence-corrected chi connectivity index (χ3v) is 4.39. The zero-order chi connectivity index (χ0) is 17.8. The summed E-state index contributed by atoms with van der Waals surface area (Å²) in [5, 5.41) is 15.1. The Kier molecular flexibility index (Phi) is 5.31. The van der Waals surface area contributed by atoms with Gasteiger partial charge in [0.15, 0.2) is 0 Å². The molecule has 0 aliphatic heterocycles. The predicted octanol–water partition coefficient (Wildman–Crippen LogP) is 4.49. The molecule has 2 N–H and O–H groups in total. The monoisotopic (exact) mass is 357 g/mol. The fraction of sp³-hybridized carbons (Fsp3) is 0.150. The second-order valence-electron chi connectivity index (χ2n) is 5.73. The topological polar surface area (TPSA) is 49.3 Å². The first-order valence-electron chi connectivity index (χ1n) is 7.96. The van der Waals surface area contributed by atoms with Crippen molar-refractivity contribution in [3.63, 3.8) is 0 Å². The van der Waals surface area contributed by atoms with Gasteiger partial charge in [0.1, 0.15) is 5.82 Å². The Bertz CT molecular complexity index is 888. The summed E-state index contributed by atoms with van der Waals surface area (Å²) in [6.07, 6.45) is -0.422. The third kappa shape index (κ3) is 3.81. The number of carbonyl (C=O) groups is 1. The number of rotatable bonds is 5. The minimum Gasteiger partial charge on any atom is -0.388 e. The number of carbonyl (C=O) groups excluding carboxylic acids is 1. The molecule has 0 heterocycles. The summed E-state index contributed by atoms with van der Waals surface area (Å²) in [5.74, 6) is -1.26. The van der Waals surface area contributed by atoms with Gasteiger partial charge in [-0.25, -0.2) is 4.39 Å². The molecule has 1 atom stereocenters. The highest BCUT2D eigenvalue weighted by Gasteiger charge is 2.16. The number of hydrogen-bond acceptors (Lipinski definition) is 2. The number of fused-ring (bicyclic) bond motifs is 1. The van der Waals surface area contributed by atoms with Gasteiger partial charge in [0.25, 0.3) is 5.91 Å². The van der Waals surface area contributed by atoms with E-state index in [-0.39, 0.29) is 17.1 Å². The summed E-state index contributed by atoms with van der Waals surface area (Å²) in [5.41, 5.74) is 0.625. The maximum Gasteiger partial charge on any atom is 0.255 e. The van der Waals surface area contributed by atoms with Crippen molar-refractivity contribution in [2.75, 3.05) is 6.54 Å². The third-order valence-electron chi connectivity index (χ3n) is 4.08. The van der Waals surface area contributed by atoms with Crippen LogP contribution in [0.4, 0.5) is 4.39 Å². The van der Waals surface area contributed by atoms with Crippen LogP contribution in [0.1, 0.15) is 28.4 Å². The Morgan fingerprint density at radius 2 is 1.80 bits per heavy atom. The number of benzene rings is 3. The van der Waals surface area contributed by atoms with Crippen molar-refractivity contribution in [2.24, 2.45) is 0 Å². The molecule has 3 nitrogen and oxygen atoms in total. The van der Waals surface area contributed by atoms with Gasteiger partial charge in [-0.15, -0.1) is 0 Å². The lowest BCUT2D eigenvalue weighted by Crippen LogP contribution is -2.26. The van der Waals surface area contributed by atoms with Crippen LogP contribution < -0.4 is 5.32 Å². The first-order valence-corrected chi connectivity index (χ1v) is 8.33. The number of aliphatic hydroxyl groups excluding tert-OH is 1. The molecule has 0 aromatic heterocycles. The van der Waals surface area contributed by atoms with Crippen molar-refractivity contribution in [3.8, 4) is 0 Å². The zero-order valence-corrected chi connectivity index (χ0v) is 14.1. The van der Waals surface area contributed by atoms with Gasteiger partial charge in [0, 0.05) is 6.54 Å². The highest BCUT2D eigenvalue weighted by atomic mass is 35.5. The number of halogens is 2. The first-order chi connectivity index (χ1) is 12.1. The molecule has 0 aliphatic carbocycles. The van der Waals surface area contributed by atoms with Crippen LogP contribution in [-0.4, -0.2) is 17.6 Å². The van der Waals surface area contributed by atoms with E-state index < -0.39 is 17.8 Å². The molecule has 1 unspecified atom stereocenters. The van der Waals surface area contributed by atoms with Gasteiger partial charge < -0.3 is 10.4 Å². The quantitative estimate of drug-likeness (QED) is 0.707. The summed E-state index contributed by atoms with van der Waals surface area (Å²) in [6, 6.07) is 17.6. The lowest BCUT2D eigenvalue weighted by atomic mass is 9.99. The maximum absolute atomic E-state index is 13.7. The lowest BCUT2D eigenvalue weighted by molar-refractivity contribution is 0.0939. The first kappa shape index (κ1) is 17.4. The molecule has 3 aromatic carbocycles. The van der Waals surface area contributed by atoms with E-state index in [0.717, 1.165) is 16.3 Å². The molecular weight excluding hydrogens is 341 g/mol. The molecule has 0 fully saturated rings. The van der Waals surface area contributed by atoms with Crippen LogP contribution >= 0.6 is 11.6 Å². The summed E-state index contributed by atoms with van der Waals surface area (Å²) in [4.78, 5) is 12.1. The van der Waals surface area contributed by atoms with Gasteiger partial charge in [-0.2, -0.15) is 0 Å². The van der Waals surface area contributed by atoms with Crippen LogP contribution in [0.2, 0.25) is 5.02 Å². The van der Waals surface area contributed by atoms with Gasteiger partial charge >= 0.3 is 0 Å². The molecule has 0 saturated carbocycles. The Hall–Kier alpha value is -2.43. The summed E-state index contributed by atoms with van der Waals surface area (Å²) in [7, 11) is 0. The molecular formula is C20H17ClFNO2. The highest BCUT2D eigenvalue weighted by Crippen LogP contribution is 2.26. The minimum atomic E-state index is -0.734. The van der Waals surface area contributed by atoms with Crippen molar-refractivity contribution >= 4 is 28.3 Å². The second-order valence-corrected chi connectivity index (χ2v) is 6.13. The molecule has 0 radical (unpaired) electrons. The van der Waals surface area contributed by atoms with E-state index in [1.54, 1.807) is 0 Å². The minimum absolute atomic E-state index is 0.0621. The molecule has 3 rings (SSSR count). The molecule has 0 aliphatic rings. The van der Waals surface area contributed by atoms with E-state index in [4.69, 9.17) is 11.6 Å². The van der Waals surface area contributed by atoms with Crippen LogP contribution in [0.3, 0.4) is 0 Å². The predicted molar refractivity (Wildman–Crippen MR) is 97.3 cm³/mol. The van der Waals surface area contributed by atoms with Crippen LogP contribution in [0, 0.1) is 5.82 Å². The van der Waals surface area contributed by atoms with Gasteiger partial charge in [-0.05, 0) is 34.9 Å². The summed E-state index contributed by atoms with van der Waals surface area (Å²) >= 11 is 5.88. The van der Waals surface area contributed by atoms with E-state index in [1.807, 2.05) is 42.5 Å². The average Bonchev–Trinajstić information content (AvgIpc) is 2.61. The largest absolute Gasteiger partial charge is 0.388 e. The zero-order valence-electron chi connectivity index (χ0n) is 13.4. The normalized spacial score (nSPS) is 12.1. The number of nitrogens with one attached hydrogen (secondary N) is 1. The van der Waals surface area contributed by atoms with Gasteiger partial charge in [-0.3, -0.25) is 4.79 Å². The van der Waals surface area contributed by atoms with E-state index in [0.29, 0.717) is 6.42 Å². The lowest BCUT2D eigenvalue weighted by Gasteiger charge is -2.14. The van der Waals surface area contributed by atoms with E-state index >= 15 is 0 Å². The number of hydrogen-bond donors (Lipinski definition) is 2. The molecule has 0 spiro atoms. The second kappa shape index (κ2) is 7.64. The molecule has 128 valence electrons. The highest BCUT2D eigenvalue weighted by molar-refractivity contribution is 6.33. The van der Waals surface area contributed by atoms with Crippen molar-refractivity contribution in [2.45, 2.75) is 12.5 Å². The van der Waals surface area contributed by atoms with Crippen LogP contribution in [0.5, 0.6) is 0 Å². The molecule has 1 amide bonds. The Labute approximate surface area is 150 Å². The summed E-state index contributed by atoms with van der Waals surface area (Å²) in [6.45, 7) is 0.202.